The van der Waals surface area contributed by atoms with Gasteiger partial charge >= 0.3 is 5.97 Å². The van der Waals surface area contributed by atoms with E-state index in [9.17, 15) is 9.59 Å². The molecule has 110 valence electrons. The summed E-state index contributed by atoms with van der Waals surface area (Å²) < 4.78 is 10.1. The van der Waals surface area contributed by atoms with Crippen molar-refractivity contribution in [1.29, 1.82) is 0 Å². The summed E-state index contributed by atoms with van der Waals surface area (Å²) in [6, 6.07) is 7.13. The summed E-state index contributed by atoms with van der Waals surface area (Å²) in [5.41, 5.74) is 1.13. The van der Waals surface area contributed by atoms with Crippen LogP contribution in [0.2, 0.25) is 0 Å². The first-order chi connectivity index (χ1) is 9.52. The predicted octanol–water partition coefficient (Wildman–Crippen LogP) is 1.83. The largest absolute Gasteiger partial charge is 0.494 e. The molecule has 0 aliphatic heterocycles. The van der Waals surface area contributed by atoms with E-state index in [1.54, 1.807) is 6.92 Å². The minimum atomic E-state index is -0.620. The molecule has 1 aromatic rings. The highest BCUT2D eigenvalue weighted by Gasteiger charge is 2.15. The fourth-order valence-electron chi connectivity index (χ4n) is 1.68. The lowest BCUT2D eigenvalue weighted by Crippen LogP contribution is -2.39. The average molecular weight is 279 g/mol. The van der Waals surface area contributed by atoms with Crippen LogP contribution in [0.4, 0.5) is 0 Å². The van der Waals surface area contributed by atoms with Crippen LogP contribution in [-0.4, -0.2) is 31.6 Å². The van der Waals surface area contributed by atoms with Crippen molar-refractivity contribution < 1.29 is 19.1 Å². The van der Waals surface area contributed by atoms with E-state index in [2.05, 4.69) is 10.1 Å². The Hall–Kier alpha value is -2.04. The molecule has 1 rings (SSSR count). The molecule has 0 saturated carbocycles. The first kappa shape index (κ1) is 16.0. The Balaban J connectivity index is 2.21. The topological polar surface area (TPSA) is 64.6 Å². The molecule has 1 amide bonds. The molecule has 1 N–H and O–H groups in total. The number of carbonyl (C=O) groups excluding carboxylic acids is 2. The molecule has 1 aromatic carbocycles. The second kappa shape index (κ2) is 8.19. The van der Waals surface area contributed by atoms with Crippen molar-refractivity contribution in [2.45, 2.75) is 32.7 Å². The van der Waals surface area contributed by atoms with E-state index in [0.29, 0.717) is 19.4 Å². The van der Waals surface area contributed by atoms with Gasteiger partial charge in [0.1, 0.15) is 11.8 Å². The van der Waals surface area contributed by atoms with Gasteiger partial charge in [0.25, 0.3) is 0 Å². The van der Waals surface area contributed by atoms with Crippen LogP contribution in [0.5, 0.6) is 5.75 Å². The Kier molecular flexibility index (Phi) is 6.56. The maximum atomic E-state index is 11.6. The van der Waals surface area contributed by atoms with Crippen LogP contribution in [0, 0.1) is 6.92 Å². The third-order valence-corrected chi connectivity index (χ3v) is 2.74. The fraction of sp³-hybridized carbons (Fsp3) is 0.467. The lowest BCUT2D eigenvalue weighted by molar-refractivity contribution is -0.144. The van der Waals surface area contributed by atoms with Gasteiger partial charge < -0.3 is 14.8 Å². The molecule has 0 spiro atoms. The monoisotopic (exact) mass is 279 g/mol. The number of hydrogen-bond donors (Lipinski definition) is 1. The number of ether oxygens (including phenoxy) is 2. The van der Waals surface area contributed by atoms with Crippen molar-refractivity contribution in [2.75, 3.05) is 13.7 Å². The van der Waals surface area contributed by atoms with Crippen molar-refractivity contribution in [2.24, 2.45) is 0 Å². The van der Waals surface area contributed by atoms with Gasteiger partial charge in [-0.25, -0.2) is 4.79 Å². The van der Waals surface area contributed by atoms with E-state index in [4.69, 9.17) is 4.74 Å². The van der Waals surface area contributed by atoms with Gasteiger partial charge in [-0.05, 0) is 38.0 Å². The number of rotatable bonds is 7. The Morgan fingerprint density at radius 1 is 1.35 bits per heavy atom. The molecule has 1 atom stereocenters. The lowest BCUT2D eigenvalue weighted by atomic mass is 10.2. The highest BCUT2D eigenvalue weighted by molar-refractivity contribution is 5.83. The Bertz CT molecular complexity index is 459. The maximum Gasteiger partial charge on any atom is 0.328 e. The van der Waals surface area contributed by atoms with Crippen molar-refractivity contribution in [3.8, 4) is 5.75 Å². The molecule has 0 heterocycles. The molecular formula is C15H21NO4. The van der Waals surface area contributed by atoms with E-state index in [-0.39, 0.29) is 5.91 Å². The zero-order valence-electron chi connectivity index (χ0n) is 12.1. The molecule has 0 saturated heterocycles. The summed E-state index contributed by atoms with van der Waals surface area (Å²) in [6.45, 7) is 4.05. The Morgan fingerprint density at radius 2 is 2.10 bits per heavy atom. The molecule has 20 heavy (non-hydrogen) atoms. The van der Waals surface area contributed by atoms with Crippen LogP contribution in [0.25, 0.3) is 0 Å². The second-order valence-corrected chi connectivity index (χ2v) is 4.58. The molecular weight excluding hydrogens is 258 g/mol. The average Bonchev–Trinajstić information content (AvgIpc) is 2.42. The molecule has 5 nitrogen and oxygen atoms in total. The van der Waals surface area contributed by atoms with E-state index >= 15 is 0 Å². The highest BCUT2D eigenvalue weighted by Crippen LogP contribution is 2.12. The van der Waals surface area contributed by atoms with E-state index < -0.39 is 12.0 Å². The van der Waals surface area contributed by atoms with E-state index in [1.165, 1.54) is 7.11 Å². The minimum Gasteiger partial charge on any atom is -0.494 e. The Labute approximate surface area is 119 Å². The van der Waals surface area contributed by atoms with Crippen molar-refractivity contribution >= 4 is 11.9 Å². The normalized spacial score (nSPS) is 11.6. The second-order valence-electron chi connectivity index (χ2n) is 4.58. The quantitative estimate of drug-likeness (QED) is 0.611. The number of esters is 1. The number of aryl methyl sites for hydroxylation is 1. The number of methoxy groups -OCH3 is 1. The van der Waals surface area contributed by atoms with Crippen molar-refractivity contribution in [3.05, 3.63) is 29.8 Å². The van der Waals surface area contributed by atoms with Crippen LogP contribution in [0.1, 0.15) is 25.3 Å². The Morgan fingerprint density at radius 3 is 2.75 bits per heavy atom. The van der Waals surface area contributed by atoms with E-state index in [0.717, 1.165) is 11.3 Å². The third kappa shape index (κ3) is 5.73. The maximum absolute atomic E-state index is 11.6. The number of nitrogens with one attached hydrogen (secondary N) is 1. The summed E-state index contributed by atoms with van der Waals surface area (Å²) in [5.74, 6) is 0.165. The highest BCUT2D eigenvalue weighted by atomic mass is 16.5. The van der Waals surface area contributed by atoms with Gasteiger partial charge in [-0.3, -0.25) is 4.79 Å². The SMILES string of the molecule is COC(=O)C(C)NC(=O)CCCOc1cccc(C)c1. The summed E-state index contributed by atoms with van der Waals surface area (Å²) in [4.78, 5) is 22.7. The van der Waals surface area contributed by atoms with Gasteiger partial charge in [0.15, 0.2) is 0 Å². The van der Waals surface area contributed by atoms with Gasteiger partial charge in [-0.2, -0.15) is 0 Å². The van der Waals surface area contributed by atoms with Gasteiger partial charge in [0.05, 0.1) is 13.7 Å². The molecule has 0 fully saturated rings. The van der Waals surface area contributed by atoms with Crippen LogP contribution < -0.4 is 10.1 Å². The van der Waals surface area contributed by atoms with Crippen molar-refractivity contribution in [1.82, 2.24) is 5.32 Å². The standard InChI is InChI=1S/C15H21NO4/c1-11-6-4-7-13(10-11)20-9-5-8-14(17)16-12(2)15(18)19-3/h4,6-7,10,12H,5,8-9H2,1-3H3,(H,16,17). The number of amides is 1. The van der Waals surface area contributed by atoms with Crippen LogP contribution in [0.15, 0.2) is 24.3 Å². The fourth-order valence-corrected chi connectivity index (χ4v) is 1.68. The lowest BCUT2D eigenvalue weighted by Gasteiger charge is -2.11. The summed E-state index contributed by atoms with van der Waals surface area (Å²) in [6.07, 6.45) is 0.904. The summed E-state index contributed by atoms with van der Waals surface area (Å²) in [7, 11) is 1.29. The van der Waals surface area contributed by atoms with E-state index in [1.807, 2.05) is 31.2 Å². The number of hydrogen-bond acceptors (Lipinski definition) is 4. The molecule has 0 aliphatic rings. The number of benzene rings is 1. The zero-order valence-corrected chi connectivity index (χ0v) is 12.1. The van der Waals surface area contributed by atoms with Gasteiger partial charge in [-0.1, -0.05) is 12.1 Å². The molecule has 0 radical (unpaired) electrons. The smallest absolute Gasteiger partial charge is 0.328 e. The van der Waals surface area contributed by atoms with Gasteiger partial charge in [0, 0.05) is 6.42 Å². The third-order valence-electron chi connectivity index (χ3n) is 2.74. The predicted molar refractivity (Wildman–Crippen MR) is 75.5 cm³/mol. The summed E-state index contributed by atoms with van der Waals surface area (Å²) in [5, 5.41) is 2.57. The van der Waals surface area contributed by atoms with Crippen LogP contribution >= 0.6 is 0 Å². The minimum absolute atomic E-state index is 0.184. The first-order valence-corrected chi connectivity index (χ1v) is 6.59. The zero-order chi connectivity index (χ0) is 15.0. The van der Waals surface area contributed by atoms with Crippen LogP contribution in [0.3, 0.4) is 0 Å². The number of carbonyl (C=O) groups is 2. The van der Waals surface area contributed by atoms with Crippen molar-refractivity contribution in [3.63, 3.8) is 0 Å². The molecule has 0 aromatic heterocycles. The first-order valence-electron chi connectivity index (χ1n) is 6.59. The molecule has 1 unspecified atom stereocenters. The molecule has 5 heteroatoms. The van der Waals surface area contributed by atoms with Gasteiger partial charge in [0.2, 0.25) is 5.91 Å². The van der Waals surface area contributed by atoms with Crippen LogP contribution in [-0.2, 0) is 14.3 Å². The molecule has 0 bridgehead atoms. The summed E-state index contributed by atoms with van der Waals surface area (Å²) >= 11 is 0. The van der Waals surface area contributed by atoms with Gasteiger partial charge in [-0.15, -0.1) is 0 Å². The molecule has 0 aliphatic carbocycles.